The number of hydrogen-bond acceptors (Lipinski definition) is 4. The van der Waals surface area contributed by atoms with Gasteiger partial charge in [0.25, 0.3) is 5.91 Å². The molecule has 4 rings (SSSR count). The molecule has 7 heteroatoms. The highest BCUT2D eigenvalue weighted by Crippen LogP contribution is 2.26. The van der Waals surface area contributed by atoms with Crippen molar-refractivity contribution in [1.29, 1.82) is 0 Å². The Morgan fingerprint density at radius 2 is 2.16 bits per heavy atom. The number of carbonyl (C=O) groups is 1. The molecule has 0 unspecified atom stereocenters. The fourth-order valence-corrected chi connectivity index (χ4v) is 3.63. The van der Waals surface area contributed by atoms with Gasteiger partial charge < -0.3 is 4.90 Å². The Bertz CT molecular complexity index is 940. The molecule has 1 atom stereocenters. The van der Waals surface area contributed by atoms with Gasteiger partial charge in [-0.1, -0.05) is 0 Å². The van der Waals surface area contributed by atoms with E-state index in [9.17, 15) is 4.79 Å². The maximum absolute atomic E-state index is 13.2. The summed E-state index contributed by atoms with van der Waals surface area (Å²) in [5, 5.41) is 12.4. The number of carbonyl (C=O) groups excluding carboxylic acids is 1. The standard InChI is InChI=1S/C18H22N6O/c1-11-8-19-24(9-11)14-5-4-6-23(10-14)18(25)15-7-12(2)20-17-16(15)13(3)21-22-17/h7-9,14H,4-6,10H2,1-3H3,(H,20,21,22)/t14-/m0/s1. The van der Waals surface area contributed by atoms with Crippen molar-refractivity contribution in [2.75, 3.05) is 13.1 Å². The minimum Gasteiger partial charge on any atom is -0.336 e. The first-order chi connectivity index (χ1) is 12.0. The molecule has 0 aromatic carbocycles. The van der Waals surface area contributed by atoms with Crippen LogP contribution in [0.1, 0.15) is 46.2 Å². The Morgan fingerprint density at radius 1 is 1.32 bits per heavy atom. The molecule has 1 aliphatic heterocycles. The van der Waals surface area contributed by atoms with Crippen LogP contribution in [0.15, 0.2) is 18.5 Å². The van der Waals surface area contributed by atoms with Gasteiger partial charge >= 0.3 is 0 Å². The van der Waals surface area contributed by atoms with Crippen LogP contribution in [0.3, 0.4) is 0 Å². The van der Waals surface area contributed by atoms with Crippen molar-refractivity contribution in [1.82, 2.24) is 29.9 Å². The van der Waals surface area contributed by atoms with Gasteiger partial charge in [0, 0.05) is 30.7 Å². The van der Waals surface area contributed by atoms with E-state index in [2.05, 4.69) is 20.3 Å². The van der Waals surface area contributed by atoms with Gasteiger partial charge in [0.2, 0.25) is 0 Å². The SMILES string of the molecule is Cc1cnn([C@H]2CCCN(C(=O)c3cc(C)nc4n[nH]c(C)c34)C2)c1. The molecular formula is C18H22N6O. The molecule has 0 aliphatic carbocycles. The van der Waals surface area contributed by atoms with Crippen LogP contribution in [0.2, 0.25) is 0 Å². The average Bonchev–Trinajstić information content (AvgIpc) is 3.20. The second-order valence-corrected chi connectivity index (χ2v) is 6.90. The molecule has 7 nitrogen and oxygen atoms in total. The van der Waals surface area contributed by atoms with E-state index in [0.29, 0.717) is 17.8 Å². The highest BCUT2D eigenvalue weighted by molar-refractivity contribution is 6.06. The number of nitrogens with one attached hydrogen (secondary N) is 1. The van der Waals surface area contributed by atoms with Crippen molar-refractivity contribution in [3.05, 3.63) is 41.0 Å². The number of H-pyrrole nitrogens is 1. The number of aryl methyl sites for hydroxylation is 3. The number of amides is 1. The quantitative estimate of drug-likeness (QED) is 0.779. The van der Waals surface area contributed by atoms with Crippen LogP contribution in [0, 0.1) is 20.8 Å². The monoisotopic (exact) mass is 338 g/mol. The molecule has 1 aliphatic rings. The predicted molar refractivity (Wildman–Crippen MR) is 94.5 cm³/mol. The lowest BCUT2D eigenvalue weighted by molar-refractivity contribution is 0.0674. The normalized spacial score (nSPS) is 18.0. The first-order valence-electron chi connectivity index (χ1n) is 8.65. The van der Waals surface area contributed by atoms with Gasteiger partial charge in [-0.15, -0.1) is 0 Å². The van der Waals surface area contributed by atoms with Crippen LogP contribution in [0.5, 0.6) is 0 Å². The highest BCUT2D eigenvalue weighted by Gasteiger charge is 2.28. The number of piperidine rings is 1. The topological polar surface area (TPSA) is 79.7 Å². The van der Waals surface area contributed by atoms with E-state index in [1.165, 1.54) is 0 Å². The Balaban J connectivity index is 1.65. The Morgan fingerprint density at radius 3 is 2.92 bits per heavy atom. The van der Waals surface area contributed by atoms with E-state index in [4.69, 9.17) is 0 Å². The molecule has 1 saturated heterocycles. The number of aromatic amines is 1. The number of likely N-dealkylation sites (tertiary alicyclic amines) is 1. The van der Waals surface area contributed by atoms with Gasteiger partial charge in [0.1, 0.15) is 0 Å². The van der Waals surface area contributed by atoms with Gasteiger partial charge in [-0.3, -0.25) is 14.6 Å². The zero-order valence-electron chi connectivity index (χ0n) is 14.8. The molecule has 3 aromatic heterocycles. The number of fused-ring (bicyclic) bond motifs is 1. The van der Waals surface area contributed by atoms with Crippen LogP contribution in [0.25, 0.3) is 11.0 Å². The van der Waals surface area contributed by atoms with E-state index in [1.54, 1.807) is 0 Å². The minimum atomic E-state index is 0.0496. The average molecular weight is 338 g/mol. The summed E-state index contributed by atoms with van der Waals surface area (Å²) in [6.45, 7) is 7.31. The summed E-state index contributed by atoms with van der Waals surface area (Å²) in [5.41, 5.74) is 4.12. The van der Waals surface area contributed by atoms with Gasteiger partial charge in [0.05, 0.1) is 23.2 Å². The lowest BCUT2D eigenvalue weighted by Gasteiger charge is -2.33. The third-order valence-electron chi connectivity index (χ3n) is 4.85. The summed E-state index contributed by atoms with van der Waals surface area (Å²) in [6.07, 6.45) is 5.94. The van der Waals surface area contributed by atoms with Crippen molar-refractivity contribution in [3.63, 3.8) is 0 Å². The lowest BCUT2D eigenvalue weighted by atomic mass is 10.0. The van der Waals surface area contributed by atoms with Crippen LogP contribution < -0.4 is 0 Å². The predicted octanol–water partition coefficient (Wildman–Crippen LogP) is 2.56. The molecule has 4 heterocycles. The molecule has 1 amide bonds. The zero-order chi connectivity index (χ0) is 17.6. The first kappa shape index (κ1) is 15.8. The molecule has 1 N–H and O–H groups in total. The second-order valence-electron chi connectivity index (χ2n) is 6.90. The van der Waals surface area contributed by atoms with E-state index in [-0.39, 0.29) is 11.9 Å². The van der Waals surface area contributed by atoms with Crippen LogP contribution >= 0.6 is 0 Å². The van der Waals surface area contributed by atoms with E-state index in [1.807, 2.05) is 48.8 Å². The molecule has 3 aromatic rings. The molecule has 0 radical (unpaired) electrons. The van der Waals surface area contributed by atoms with Crippen LogP contribution in [-0.2, 0) is 0 Å². The van der Waals surface area contributed by atoms with Crippen molar-refractivity contribution < 1.29 is 4.79 Å². The molecule has 0 saturated carbocycles. The molecule has 0 spiro atoms. The third kappa shape index (κ3) is 2.79. The second kappa shape index (κ2) is 5.98. The number of aromatic nitrogens is 5. The number of rotatable bonds is 2. The fourth-order valence-electron chi connectivity index (χ4n) is 3.63. The smallest absolute Gasteiger partial charge is 0.254 e. The third-order valence-corrected chi connectivity index (χ3v) is 4.85. The maximum Gasteiger partial charge on any atom is 0.254 e. The van der Waals surface area contributed by atoms with Crippen molar-refractivity contribution in [3.8, 4) is 0 Å². The zero-order valence-corrected chi connectivity index (χ0v) is 14.8. The van der Waals surface area contributed by atoms with Crippen molar-refractivity contribution in [2.24, 2.45) is 0 Å². The summed E-state index contributed by atoms with van der Waals surface area (Å²) < 4.78 is 1.99. The molecule has 25 heavy (non-hydrogen) atoms. The maximum atomic E-state index is 13.2. The summed E-state index contributed by atoms with van der Waals surface area (Å²) in [5.74, 6) is 0.0496. The fraction of sp³-hybridized carbons (Fsp3) is 0.444. The Labute approximate surface area is 146 Å². The number of nitrogens with zero attached hydrogens (tertiary/aromatic N) is 5. The summed E-state index contributed by atoms with van der Waals surface area (Å²) in [4.78, 5) is 19.6. The van der Waals surface area contributed by atoms with Crippen molar-refractivity contribution >= 4 is 16.9 Å². The van der Waals surface area contributed by atoms with Crippen LogP contribution in [0.4, 0.5) is 0 Å². The molecule has 130 valence electrons. The number of pyridine rings is 1. The number of hydrogen-bond donors (Lipinski definition) is 1. The summed E-state index contributed by atoms with van der Waals surface area (Å²) >= 11 is 0. The van der Waals surface area contributed by atoms with E-state index in [0.717, 1.165) is 41.7 Å². The summed E-state index contributed by atoms with van der Waals surface area (Å²) in [7, 11) is 0. The van der Waals surface area contributed by atoms with Crippen molar-refractivity contribution in [2.45, 2.75) is 39.7 Å². The van der Waals surface area contributed by atoms with E-state index < -0.39 is 0 Å². The molecule has 0 bridgehead atoms. The Kier molecular flexibility index (Phi) is 3.78. The molecular weight excluding hydrogens is 316 g/mol. The lowest BCUT2D eigenvalue weighted by Crippen LogP contribution is -2.41. The van der Waals surface area contributed by atoms with Gasteiger partial charge in [-0.05, 0) is 45.2 Å². The largest absolute Gasteiger partial charge is 0.336 e. The van der Waals surface area contributed by atoms with Gasteiger partial charge in [-0.2, -0.15) is 10.2 Å². The van der Waals surface area contributed by atoms with Gasteiger partial charge in [0.15, 0.2) is 5.65 Å². The Hall–Kier alpha value is -2.70. The van der Waals surface area contributed by atoms with Crippen LogP contribution in [-0.4, -0.2) is 48.9 Å². The first-order valence-corrected chi connectivity index (χ1v) is 8.65. The van der Waals surface area contributed by atoms with E-state index >= 15 is 0 Å². The highest BCUT2D eigenvalue weighted by atomic mass is 16.2. The minimum absolute atomic E-state index is 0.0496. The molecule has 1 fully saturated rings. The van der Waals surface area contributed by atoms with Gasteiger partial charge in [-0.25, -0.2) is 4.98 Å². The summed E-state index contributed by atoms with van der Waals surface area (Å²) in [6, 6.07) is 2.10.